The zero-order valence-corrected chi connectivity index (χ0v) is 15.1. The van der Waals surface area contributed by atoms with Gasteiger partial charge in [0.2, 0.25) is 0 Å². The van der Waals surface area contributed by atoms with Gasteiger partial charge in [-0.2, -0.15) is 0 Å². The maximum Gasteiger partial charge on any atom is 0.309 e. The van der Waals surface area contributed by atoms with Crippen LogP contribution in [0.5, 0.6) is 11.5 Å². The minimum atomic E-state index is -0.118. The Morgan fingerprint density at radius 3 is 2.52 bits per heavy atom. The fourth-order valence-corrected chi connectivity index (χ4v) is 3.03. The second-order valence-corrected chi connectivity index (χ2v) is 6.07. The quantitative estimate of drug-likeness (QED) is 0.700. The number of anilines is 1. The first-order valence-electron chi connectivity index (χ1n) is 8.59. The Labute approximate surface area is 148 Å². The number of methoxy groups -OCH3 is 2. The third-order valence-electron chi connectivity index (χ3n) is 4.40. The highest BCUT2D eigenvalue weighted by Crippen LogP contribution is 2.28. The van der Waals surface area contributed by atoms with E-state index >= 15 is 0 Å². The van der Waals surface area contributed by atoms with E-state index in [1.807, 2.05) is 6.92 Å². The summed E-state index contributed by atoms with van der Waals surface area (Å²) < 4.78 is 15.5. The fourth-order valence-electron chi connectivity index (χ4n) is 3.03. The molecule has 1 saturated heterocycles. The monoisotopic (exact) mass is 351 g/mol. The lowest BCUT2D eigenvalue weighted by Gasteiger charge is -2.27. The van der Waals surface area contributed by atoms with Gasteiger partial charge in [0, 0.05) is 18.9 Å². The van der Waals surface area contributed by atoms with Crippen LogP contribution in [-0.4, -0.2) is 52.3 Å². The van der Waals surface area contributed by atoms with Gasteiger partial charge in [0.15, 0.2) is 6.54 Å². The number of rotatable bonds is 7. The zero-order valence-electron chi connectivity index (χ0n) is 15.1. The van der Waals surface area contributed by atoms with E-state index in [2.05, 4.69) is 5.32 Å². The summed E-state index contributed by atoms with van der Waals surface area (Å²) in [6.07, 6.45) is 1.51. The van der Waals surface area contributed by atoms with E-state index in [4.69, 9.17) is 14.2 Å². The lowest BCUT2D eigenvalue weighted by atomic mass is 9.97. The average molecular weight is 351 g/mol. The zero-order chi connectivity index (χ0) is 18.2. The Balaban J connectivity index is 1.86. The number of hydrogen-bond acceptors (Lipinski definition) is 5. The summed E-state index contributed by atoms with van der Waals surface area (Å²) >= 11 is 0. The number of amides is 1. The third kappa shape index (κ3) is 5.35. The highest BCUT2D eigenvalue weighted by atomic mass is 16.5. The summed E-state index contributed by atoms with van der Waals surface area (Å²) in [5.74, 6) is 0.998. The molecule has 0 aromatic heterocycles. The number of esters is 1. The molecule has 2 rings (SSSR count). The topological polar surface area (TPSA) is 78.3 Å². The van der Waals surface area contributed by atoms with Crippen LogP contribution in [0.25, 0.3) is 0 Å². The van der Waals surface area contributed by atoms with Gasteiger partial charge < -0.3 is 24.4 Å². The summed E-state index contributed by atoms with van der Waals surface area (Å²) in [7, 11) is 3.13. The summed E-state index contributed by atoms with van der Waals surface area (Å²) in [6.45, 7) is 4.15. The van der Waals surface area contributed by atoms with Crippen molar-refractivity contribution in [3.05, 3.63) is 18.2 Å². The molecule has 1 aromatic carbocycles. The number of carbonyl (C=O) groups excluding carboxylic acids is 2. The molecule has 1 amide bonds. The van der Waals surface area contributed by atoms with Crippen LogP contribution in [0.2, 0.25) is 0 Å². The molecule has 0 saturated carbocycles. The smallest absolute Gasteiger partial charge is 0.309 e. The van der Waals surface area contributed by atoms with Gasteiger partial charge in [0.1, 0.15) is 11.5 Å². The number of benzene rings is 1. The van der Waals surface area contributed by atoms with Gasteiger partial charge in [-0.25, -0.2) is 0 Å². The molecule has 1 fully saturated rings. The molecule has 1 aromatic rings. The summed E-state index contributed by atoms with van der Waals surface area (Å²) in [6, 6.07) is 5.27. The van der Waals surface area contributed by atoms with Crippen molar-refractivity contribution in [1.29, 1.82) is 0 Å². The third-order valence-corrected chi connectivity index (χ3v) is 4.40. The highest BCUT2D eigenvalue weighted by Gasteiger charge is 2.29. The molecule has 25 heavy (non-hydrogen) atoms. The van der Waals surface area contributed by atoms with Gasteiger partial charge in [0.25, 0.3) is 5.91 Å². The predicted molar refractivity (Wildman–Crippen MR) is 93.1 cm³/mol. The fraction of sp³-hybridized carbons (Fsp3) is 0.556. The number of hydrogen-bond donors (Lipinski definition) is 2. The molecule has 0 unspecified atom stereocenters. The van der Waals surface area contributed by atoms with Crippen LogP contribution in [0.4, 0.5) is 5.69 Å². The standard InChI is InChI=1S/C18H26N2O5/c1-4-25-18(22)13-7-9-20(10-8-13)12-17(21)19-15-11-14(23-2)5-6-16(15)24-3/h5-6,11,13H,4,7-10,12H2,1-3H3,(H,19,21)/p+1. The predicted octanol–water partition coefficient (Wildman–Crippen LogP) is 0.500. The van der Waals surface area contributed by atoms with Crippen molar-refractivity contribution in [2.24, 2.45) is 5.92 Å². The lowest BCUT2D eigenvalue weighted by molar-refractivity contribution is -0.897. The molecule has 0 bridgehead atoms. The molecule has 1 heterocycles. The number of carbonyl (C=O) groups is 2. The Kier molecular flexibility index (Phi) is 7.06. The minimum Gasteiger partial charge on any atom is -0.497 e. The molecule has 7 nitrogen and oxygen atoms in total. The number of nitrogens with one attached hydrogen (secondary N) is 2. The van der Waals surface area contributed by atoms with E-state index in [0.717, 1.165) is 25.9 Å². The number of piperidine rings is 1. The Hall–Kier alpha value is -2.28. The van der Waals surface area contributed by atoms with Crippen LogP contribution in [-0.2, 0) is 14.3 Å². The van der Waals surface area contributed by atoms with Crippen LogP contribution in [0.1, 0.15) is 19.8 Å². The number of quaternary nitrogens is 1. The molecule has 0 atom stereocenters. The maximum absolute atomic E-state index is 12.3. The first-order valence-corrected chi connectivity index (χ1v) is 8.59. The van der Waals surface area contributed by atoms with Gasteiger partial charge in [-0.05, 0) is 19.1 Å². The largest absolute Gasteiger partial charge is 0.497 e. The molecule has 2 N–H and O–H groups in total. The molecule has 1 aliphatic heterocycles. The first kappa shape index (κ1) is 19.1. The molecule has 0 aliphatic carbocycles. The Morgan fingerprint density at radius 1 is 1.20 bits per heavy atom. The second-order valence-electron chi connectivity index (χ2n) is 6.07. The van der Waals surface area contributed by atoms with Crippen LogP contribution in [0, 0.1) is 5.92 Å². The van der Waals surface area contributed by atoms with Gasteiger partial charge in [-0.1, -0.05) is 0 Å². The lowest BCUT2D eigenvalue weighted by Crippen LogP contribution is -3.14. The Bertz CT molecular complexity index is 597. The number of ether oxygens (including phenoxy) is 3. The van der Waals surface area contributed by atoms with Crippen molar-refractivity contribution >= 4 is 17.6 Å². The van der Waals surface area contributed by atoms with E-state index in [9.17, 15) is 9.59 Å². The van der Waals surface area contributed by atoms with Gasteiger partial charge in [-0.3, -0.25) is 9.59 Å². The Morgan fingerprint density at radius 2 is 1.92 bits per heavy atom. The minimum absolute atomic E-state index is 0.0368. The van der Waals surface area contributed by atoms with E-state index in [1.54, 1.807) is 32.4 Å². The summed E-state index contributed by atoms with van der Waals surface area (Å²) in [5.41, 5.74) is 0.590. The molecule has 0 radical (unpaired) electrons. The average Bonchev–Trinajstić information content (AvgIpc) is 2.62. The van der Waals surface area contributed by atoms with Crippen LogP contribution < -0.4 is 19.7 Å². The van der Waals surface area contributed by atoms with Crippen molar-refractivity contribution in [2.75, 3.05) is 45.8 Å². The van der Waals surface area contributed by atoms with Crippen molar-refractivity contribution in [3.63, 3.8) is 0 Å². The van der Waals surface area contributed by atoms with Crippen molar-refractivity contribution in [1.82, 2.24) is 0 Å². The maximum atomic E-state index is 12.3. The van der Waals surface area contributed by atoms with Gasteiger partial charge >= 0.3 is 5.97 Å². The van der Waals surface area contributed by atoms with E-state index in [-0.39, 0.29) is 17.8 Å². The van der Waals surface area contributed by atoms with Crippen LogP contribution in [0.15, 0.2) is 18.2 Å². The second kappa shape index (κ2) is 9.27. The van der Waals surface area contributed by atoms with Crippen molar-refractivity contribution in [2.45, 2.75) is 19.8 Å². The van der Waals surface area contributed by atoms with Gasteiger partial charge in [-0.15, -0.1) is 0 Å². The van der Waals surface area contributed by atoms with E-state index in [0.29, 0.717) is 30.3 Å². The SMILES string of the molecule is CCOC(=O)C1CC[NH+](CC(=O)Nc2cc(OC)ccc2OC)CC1. The molecule has 1 aliphatic rings. The molecular formula is C18H27N2O5+. The molecular weight excluding hydrogens is 324 g/mol. The summed E-state index contributed by atoms with van der Waals surface area (Å²) in [5, 5.41) is 2.88. The summed E-state index contributed by atoms with van der Waals surface area (Å²) in [4.78, 5) is 25.3. The van der Waals surface area contributed by atoms with Crippen LogP contribution >= 0.6 is 0 Å². The van der Waals surface area contributed by atoms with Crippen LogP contribution in [0.3, 0.4) is 0 Å². The van der Waals surface area contributed by atoms with Crippen molar-refractivity contribution in [3.8, 4) is 11.5 Å². The van der Waals surface area contributed by atoms with E-state index in [1.165, 1.54) is 4.90 Å². The molecule has 7 heteroatoms. The molecule has 0 spiro atoms. The van der Waals surface area contributed by atoms with Crippen molar-refractivity contribution < 1.29 is 28.7 Å². The molecule has 138 valence electrons. The number of likely N-dealkylation sites (tertiary alicyclic amines) is 1. The normalized spacial score (nSPS) is 19.8. The van der Waals surface area contributed by atoms with Gasteiger partial charge in [0.05, 0.1) is 45.5 Å². The first-order chi connectivity index (χ1) is 12.1. The highest BCUT2D eigenvalue weighted by molar-refractivity contribution is 5.93. The van der Waals surface area contributed by atoms with E-state index < -0.39 is 0 Å².